The number of aliphatic carboxylic acids is 1. The second-order valence-electron chi connectivity index (χ2n) is 8.50. The first-order valence-electron chi connectivity index (χ1n) is 10.3. The highest BCUT2D eigenvalue weighted by molar-refractivity contribution is 8.01. The van der Waals surface area contributed by atoms with Crippen LogP contribution >= 0.6 is 11.8 Å². The van der Waals surface area contributed by atoms with Gasteiger partial charge >= 0.3 is 5.97 Å². The highest BCUT2D eigenvalue weighted by Crippen LogP contribution is 2.51. The normalized spacial score (nSPS) is 26.7. The summed E-state index contributed by atoms with van der Waals surface area (Å²) in [6.07, 6.45) is 3.60. The molecule has 1 spiro atoms. The first-order valence-corrected chi connectivity index (χ1v) is 11.3. The SMILES string of the molecule is CC(C)CNC(=O)CC1CCC2(CC1)SCC(C(=O)O)N2C(=O)c1ccccc1. The van der Waals surface area contributed by atoms with Crippen molar-refractivity contribution < 1.29 is 19.5 Å². The number of carboxylic acids is 1. The Hall–Kier alpha value is -2.02. The standard InChI is InChI=1S/C22H30N2O4S/c1-15(2)13-23-19(25)12-16-8-10-22(11-9-16)24(18(14-29-22)21(27)28)20(26)17-6-4-3-5-7-17/h3-7,15-16,18H,8-14H2,1-2H3,(H,23,25)(H,27,28). The van der Waals surface area contributed by atoms with Crippen molar-refractivity contribution in [2.24, 2.45) is 11.8 Å². The largest absolute Gasteiger partial charge is 0.480 e. The Labute approximate surface area is 176 Å². The molecule has 7 heteroatoms. The molecule has 1 aromatic carbocycles. The molecule has 0 radical (unpaired) electrons. The molecule has 0 aromatic heterocycles. The van der Waals surface area contributed by atoms with Crippen LogP contribution in [-0.4, -0.2) is 51.0 Å². The molecular formula is C22H30N2O4S. The highest BCUT2D eigenvalue weighted by atomic mass is 32.2. The van der Waals surface area contributed by atoms with E-state index in [-0.39, 0.29) is 17.7 Å². The fourth-order valence-electron chi connectivity index (χ4n) is 4.26. The van der Waals surface area contributed by atoms with Crippen molar-refractivity contribution in [2.45, 2.75) is 56.9 Å². The van der Waals surface area contributed by atoms with Gasteiger partial charge in [-0.1, -0.05) is 32.0 Å². The van der Waals surface area contributed by atoms with Gasteiger partial charge < -0.3 is 15.3 Å². The number of carbonyl (C=O) groups excluding carboxylic acids is 2. The minimum atomic E-state index is -0.950. The van der Waals surface area contributed by atoms with Crippen LogP contribution in [0.5, 0.6) is 0 Å². The summed E-state index contributed by atoms with van der Waals surface area (Å²) in [7, 11) is 0. The molecule has 0 bridgehead atoms. The number of nitrogens with one attached hydrogen (secondary N) is 1. The summed E-state index contributed by atoms with van der Waals surface area (Å²) in [5, 5.41) is 12.7. The van der Waals surface area contributed by atoms with E-state index in [0.717, 1.165) is 25.7 Å². The summed E-state index contributed by atoms with van der Waals surface area (Å²) in [5.74, 6) is 0.0391. The Morgan fingerprint density at radius 2 is 1.86 bits per heavy atom. The molecule has 1 saturated carbocycles. The summed E-state index contributed by atoms with van der Waals surface area (Å²) in [5.41, 5.74) is 0.524. The van der Waals surface area contributed by atoms with Crippen molar-refractivity contribution in [3.63, 3.8) is 0 Å². The minimum absolute atomic E-state index is 0.0827. The van der Waals surface area contributed by atoms with E-state index < -0.39 is 16.9 Å². The number of rotatable bonds is 6. The van der Waals surface area contributed by atoms with Crippen LogP contribution in [0.2, 0.25) is 0 Å². The molecule has 1 atom stereocenters. The van der Waals surface area contributed by atoms with Gasteiger partial charge in [0.05, 0.1) is 4.87 Å². The van der Waals surface area contributed by atoms with Crippen LogP contribution < -0.4 is 5.32 Å². The molecule has 2 N–H and O–H groups in total. The van der Waals surface area contributed by atoms with Crippen LogP contribution in [0.4, 0.5) is 0 Å². The van der Waals surface area contributed by atoms with Crippen LogP contribution in [0.15, 0.2) is 30.3 Å². The van der Waals surface area contributed by atoms with E-state index in [4.69, 9.17) is 0 Å². The summed E-state index contributed by atoms with van der Waals surface area (Å²) >= 11 is 1.59. The van der Waals surface area contributed by atoms with E-state index in [9.17, 15) is 19.5 Å². The Morgan fingerprint density at radius 1 is 1.21 bits per heavy atom. The van der Waals surface area contributed by atoms with Gasteiger partial charge in [0.1, 0.15) is 6.04 Å². The molecule has 3 rings (SSSR count). The lowest BCUT2D eigenvalue weighted by Gasteiger charge is -2.44. The van der Waals surface area contributed by atoms with Crippen molar-refractivity contribution in [2.75, 3.05) is 12.3 Å². The Balaban J connectivity index is 1.69. The van der Waals surface area contributed by atoms with Crippen LogP contribution in [0.25, 0.3) is 0 Å². The van der Waals surface area contributed by atoms with Gasteiger partial charge in [-0.3, -0.25) is 9.59 Å². The Kier molecular flexibility index (Phi) is 6.88. The fraction of sp³-hybridized carbons (Fsp3) is 0.591. The van der Waals surface area contributed by atoms with Crippen LogP contribution in [0.1, 0.15) is 56.3 Å². The minimum Gasteiger partial charge on any atom is -0.480 e. The zero-order chi connectivity index (χ0) is 21.0. The summed E-state index contributed by atoms with van der Waals surface area (Å²) in [6, 6.07) is 8.11. The molecule has 1 unspecified atom stereocenters. The third-order valence-electron chi connectivity index (χ3n) is 5.85. The molecule has 1 aromatic rings. The van der Waals surface area contributed by atoms with Crippen molar-refractivity contribution in [3.8, 4) is 0 Å². The molecule has 2 aliphatic rings. The second kappa shape index (κ2) is 9.20. The van der Waals surface area contributed by atoms with Gasteiger partial charge in [0.2, 0.25) is 5.91 Å². The van der Waals surface area contributed by atoms with Crippen molar-refractivity contribution >= 4 is 29.5 Å². The molecule has 6 nitrogen and oxygen atoms in total. The highest BCUT2D eigenvalue weighted by Gasteiger charge is 2.53. The summed E-state index contributed by atoms with van der Waals surface area (Å²) in [6.45, 7) is 4.82. The third kappa shape index (κ3) is 4.94. The third-order valence-corrected chi connectivity index (χ3v) is 7.48. The molecule has 29 heavy (non-hydrogen) atoms. The predicted molar refractivity (Wildman–Crippen MR) is 114 cm³/mol. The molecule has 1 saturated heterocycles. The van der Waals surface area contributed by atoms with Crippen molar-refractivity contribution in [3.05, 3.63) is 35.9 Å². The summed E-state index contributed by atoms with van der Waals surface area (Å²) in [4.78, 5) is 38.4. The smallest absolute Gasteiger partial charge is 0.327 e. The average Bonchev–Trinajstić information content (AvgIpc) is 3.07. The van der Waals surface area contributed by atoms with Gasteiger partial charge in [-0.05, 0) is 49.7 Å². The summed E-state index contributed by atoms with van der Waals surface area (Å²) < 4.78 is 0. The lowest BCUT2D eigenvalue weighted by atomic mass is 9.82. The molecule has 1 aliphatic heterocycles. The van der Waals surface area contributed by atoms with Gasteiger partial charge in [0.25, 0.3) is 5.91 Å². The maximum absolute atomic E-state index is 13.2. The number of benzene rings is 1. The van der Waals surface area contributed by atoms with Crippen molar-refractivity contribution in [1.29, 1.82) is 0 Å². The number of hydrogen-bond acceptors (Lipinski definition) is 4. The zero-order valence-electron chi connectivity index (χ0n) is 17.1. The molecule has 1 aliphatic carbocycles. The average molecular weight is 419 g/mol. The van der Waals surface area contributed by atoms with E-state index in [0.29, 0.717) is 30.2 Å². The van der Waals surface area contributed by atoms with E-state index in [1.165, 1.54) is 0 Å². The monoisotopic (exact) mass is 418 g/mol. The van der Waals surface area contributed by atoms with Gasteiger partial charge in [-0.2, -0.15) is 0 Å². The van der Waals surface area contributed by atoms with E-state index in [1.807, 2.05) is 6.07 Å². The second-order valence-corrected chi connectivity index (χ2v) is 9.88. The molecule has 158 valence electrons. The first-order chi connectivity index (χ1) is 13.8. The maximum atomic E-state index is 13.2. The lowest BCUT2D eigenvalue weighted by molar-refractivity contribution is -0.142. The number of nitrogens with zero attached hydrogens (tertiary/aromatic N) is 1. The Bertz CT molecular complexity index is 744. The molecular weight excluding hydrogens is 388 g/mol. The van der Waals surface area contributed by atoms with Gasteiger partial charge in [-0.25, -0.2) is 4.79 Å². The topological polar surface area (TPSA) is 86.7 Å². The number of thioether (sulfide) groups is 1. The fourth-order valence-corrected chi connectivity index (χ4v) is 5.89. The van der Waals surface area contributed by atoms with Crippen LogP contribution in [-0.2, 0) is 9.59 Å². The maximum Gasteiger partial charge on any atom is 0.327 e. The number of hydrogen-bond donors (Lipinski definition) is 2. The van der Waals surface area contributed by atoms with E-state index in [2.05, 4.69) is 19.2 Å². The quantitative estimate of drug-likeness (QED) is 0.740. The van der Waals surface area contributed by atoms with Gasteiger partial charge in [0.15, 0.2) is 0 Å². The van der Waals surface area contributed by atoms with Gasteiger partial charge in [-0.15, -0.1) is 11.8 Å². The molecule has 2 fully saturated rings. The van der Waals surface area contributed by atoms with Gasteiger partial charge in [0, 0.05) is 24.3 Å². The van der Waals surface area contributed by atoms with E-state index in [1.54, 1.807) is 40.9 Å². The van der Waals surface area contributed by atoms with E-state index >= 15 is 0 Å². The Morgan fingerprint density at radius 3 is 2.45 bits per heavy atom. The molecule has 2 amide bonds. The van der Waals surface area contributed by atoms with Crippen LogP contribution in [0, 0.1) is 11.8 Å². The number of amides is 2. The zero-order valence-corrected chi connectivity index (χ0v) is 17.9. The molecule has 1 heterocycles. The van der Waals surface area contributed by atoms with Crippen LogP contribution in [0.3, 0.4) is 0 Å². The number of carbonyl (C=O) groups is 3. The first kappa shape index (κ1) is 21.7. The lowest BCUT2D eigenvalue weighted by Crippen LogP contribution is -2.54. The predicted octanol–water partition coefficient (Wildman–Crippen LogP) is 3.38. The number of carboxylic acid groups (broad SMARTS) is 1. The van der Waals surface area contributed by atoms with Crippen molar-refractivity contribution in [1.82, 2.24) is 10.2 Å².